The van der Waals surface area contributed by atoms with Gasteiger partial charge >= 0.3 is 0 Å². The molecule has 2 heterocycles. The van der Waals surface area contributed by atoms with Crippen LogP contribution in [0.3, 0.4) is 0 Å². The predicted molar refractivity (Wildman–Crippen MR) is 175 cm³/mol. The van der Waals surface area contributed by atoms with Crippen LogP contribution in [0.2, 0.25) is 0 Å². The summed E-state index contributed by atoms with van der Waals surface area (Å²) >= 11 is 0. The van der Waals surface area contributed by atoms with E-state index in [0.29, 0.717) is 17.2 Å². The number of aryl methyl sites for hydroxylation is 3. The summed E-state index contributed by atoms with van der Waals surface area (Å²) in [5.74, 6) is 3.70. The monoisotopic (exact) mass is 620 g/mol. The molecule has 0 radical (unpaired) electrons. The molecule has 44 heavy (non-hydrogen) atoms. The number of hydrogen-bond donors (Lipinski definition) is 1. The van der Waals surface area contributed by atoms with E-state index in [-0.39, 0.29) is 11.1 Å². The van der Waals surface area contributed by atoms with Gasteiger partial charge in [-0.25, -0.2) is 9.97 Å². The van der Waals surface area contributed by atoms with Crippen LogP contribution in [-0.4, -0.2) is 63.5 Å². The van der Waals surface area contributed by atoms with Crippen LogP contribution in [0.1, 0.15) is 36.1 Å². The summed E-state index contributed by atoms with van der Waals surface area (Å²) in [6.07, 6.45) is -0.176. The maximum atomic E-state index is 10.5. The fraction of sp³-hybridized carbons (Fsp3) is 0.333. The quantitative estimate of drug-likeness (QED) is 0.228. The standard InChI is InChI=1S/C26H32N4O3.C7H8O3S/c1-9-29-24-25(28-20-12-16(4)15(3)11-19(20)27-24)30(10-2)26(29)17(5)23-21(32-7)13-18(31-6)14-22(23)33-8;1-6-2-4-7(5-3-6)11(8,9)10/h11-14,26H,5,9-10H2,1-4,6-8H3;2-5H,1H3,(H,8,9,10). The first kappa shape index (κ1) is 32.6. The Balaban J connectivity index is 0.000000339. The van der Waals surface area contributed by atoms with E-state index in [1.165, 1.54) is 23.3 Å². The van der Waals surface area contributed by atoms with Crippen LogP contribution in [-0.2, 0) is 10.1 Å². The van der Waals surface area contributed by atoms with Gasteiger partial charge in [0.15, 0.2) is 11.6 Å². The summed E-state index contributed by atoms with van der Waals surface area (Å²) in [5, 5.41) is 0. The number of likely N-dealkylation sites (N-methyl/N-ethyl adjacent to an activating group) is 2. The first-order valence-corrected chi connectivity index (χ1v) is 15.7. The Kier molecular flexibility index (Phi) is 9.70. The second-order valence-electron chi connectivity index (χ2n) is 10.5. The lowest BCUT2D eigenvalue weighted by Crippen LogP contribution is -2.44. The van der Waals surface area contributed by atoms with E-state index in [1.54, 1.807) is 33.5 Å². The zero-order valence-electron chi connectivity index (χ0n) is 26.5. The van der Waals surface area contributed by atoms with Crippen molar-refractivity contribution in [2.24, 2.45) is 0 Å². The van der Waals surface area contributed by atoms with E-state index >= 15 is 0 Å². The molecule has 0 saturated heterocycles. The molecule has 1 aliphatic rings. The number of benzene rings is 3. The van der Waals surface area contributed by atoms with Gasteiger partial charge in [0.05, 0.1) is 42.8 Å². The number of ether oxygens (including phenoxy) is 3. The minimum absolute atomic E-state index is 0.0666. The topological polar surface area (TPSA) is 114 Å². The molecule has 1 N–H and O–H groups in total. The summed E-state index contributed by atoms with van der Waals surface area (Å²) in [5.41, 5.74) is 6.84. The highest BCUT2D eigenvalue weighted by Crippen LogP contribution is 2.46. The Morgan fingerprint density at radius 2 is 1.27 bits per heavy atom. The molecule has 3 aromatic carbocycles. The number of anilines is 2. The van der Waals surface area contributed by atoms with Gasteiger partial charge < -0.3 is 24.0 Å². The van der Waals surface area contributed by atoms with Gasteiger partial charge in [-0.3, -0.25) is 4.55 Å². The highest BCUT2D eigenvalue weighted by Gasteiger charge is 2.40. The van der Waals surface area contributed by atoms with Gasteiger partial charge in [0.2, 0.25) is 0 Å². The number of fused-ring (bicyclic) bond motifs is 2. The van der Waals surface area contributed by atoms with Crippen molar-refractivity contribution in [3.63, 3.8) is 0 Å². The third-order valence-electron chi connectivity index (χ3n) is 7.73. The van der Waals surface area contributed by atoms with Crippen molar-refractivity contribution in [1.29, 1.82) is 0 Å². The van der Waals surface area contributed by atoms with E-state index < -0.39 is 10.1 Å². The van der Waals surface area contributed by atoms with E-state index in [1.807, 2.05) is 19.1 Å². The summed E-state index contributed by atoms with van der Waals surface area (Å²) < 4.78 is 46.4. The van der Waals surface area contributed by atoms with Crippen molar-refractivity contribution < 1.29 is 27.2 Å². The fourth-order valence-corrected chi connectivity index (χ4v) is 5.74. The molecule has 5 rings (SSSR count). The van der Waals surface area contributed by atoms with E-state index in [4.69, 9.17) is 28.7 Å². The first-order valence-electron chi connectivity index (χ1n) is 14.2. The Hall–Kier alpha value is -4.35. The number of methoxy groups -OCH3 is 3. The molecule has 0 unspecified atom stereocenters. The fourth-order valence-electron chi connectivity index (χ4n) is 5.26. The minimum Gasteiger partial charge on any atom is -0.496 e. The second kappa shape index (κ2) is 13.1. The third kappa shape index (κ3) is 6.29. The third-order valence-corrected chi connectivity index (χ3v) is 8.59. The lowest BCUT2D eigenvalue weighted by Gasteiger charge is -2.33. The number of aromatic nitrogens is 2. The number of hydrogen-bond acceptors (Lipinski definition) is 9. The van der Waals surface area contributed by atoms with Crippen molar-refractivity contribution >= 4 is 38.4 Å². The lowest BCUT2D eigenvalue weighted by atomic mass is 10.0. The van der Waals surface area contributed by atoms with Crippen molar-refractivity contribution in [1.82, 2.24) is 9.97 Å². The Bertz CT molecular complexity index is 1710. The van der Waals surface area contributed by atoms with Crippen LogP contribution < -0.4 is 24.0 Å². The normalized spacial score (nSPS) is 12.9. The van der Waals surface area contributed by atoms with Crippen LogP contribution >= 0.6 is 0 Å². The van der Waals surface area contributed by atoms with Crippen LogP contribution in [0, 0.1) is 20.8 Å². The molecule has 0 spiro atoms. The maximum absolute atomic E-state index is 10.5. The zero-order valence-corrected chi connectivity index (χ0v) is 27.3. The van der Waals surface area contributed by atoms with Crippen molar-refractivity contribution in [2.45, 2.75) is 45.7 Å². The summed E-state index contributed by atoms with van der Waals surface area (Å²) in [7, 11) is 0.891. The molecule has 0 bridgehead atoms. The second-order valence-corrected chi connectivity index (χ2v) is 11.9. The van der Waals surface area contributed by atoms with Crippen molar-refractivity contribution in [3.05, 3.63) is 77.4 Å². The predicted octanol–water partition coefficient (Wildman–Crippen LogP) is 6.22. The average molecular weight is 621 g/mol. The molecule has 1 aliphatic heterocycles. The molecular formula is C33H40N4O6S. The largest absolute Gasteiger partial charge is 0.496 e. The molecule has 0 amide bonds. The van der Waals surface area contributed by atoms with Gasteiger partial charge in [0.25, 0.3) is 10.1 Å². The summed E-state index contributed by atoms with van der Waals surface area (Å²) in [4.78, 5) is 14.5. The van der Waals surface area contributed by atoms with Crippen LogP contribution in [0.15, 0.2) is 60.0 Å². The van der Waals surface area contributed by atoms with Crippen molar-refractivity contribution in [2.75, 3.05) is 44.2 Å². The Labute approximate surface area is 259 Å². The molecule has 0 atom stereocenters. The van der Waals surface area contributed by atoms with Gasteiger partial charge in [0, 0.05) is 30.8 Å². The van der Waals surface area contributed by atoms with Gasteiger partial charge in [-0.15, -0.1) is 0 Å². The molecule has 10 nitrogen and oxygen atoms in total. The SMILES string of the molecule is C=C(c1c(OC)cc(OC)cc1OC)C1N(CC)c2nc3cc(C)c(C)cc3nc2N1CC.Cc1ccc(S(=O)(=O)O)cc1. The minimum atomic E-state index is -4.02. The molecule has 11 heteroatoms. The van der Waals surface area contributed by atoms with Crippen molar-refractivity contribution in [3.8, 4) is 17.2 Å². The highest BCUT2D eigenvalue weighted by molar-refractivity contribution is 7.85. The van der Waals surface area contributed by atoms with Crippen LogP contribution in [0.5, 0.6) is 17.2 Å². The Morgan fingerprint density at radius 3 is 1.64 bits per heavy atom. The molecular weight excluding hydrogens is 580 g/mol. The van der Waals surface area contributed by atoms with Gasteiger partial charge in [-0.05, 0) is 70.0 Å². The highest BCUT2D eigenvalue weighted by atomic mass is 32.2. The van der Waals surface area contributed by atoms with E-state index in [2.05, 4.69) is 56.2 Å². The van der Waals surface area contributed by atoms with E-state index in [9.17, 15) is 8.42 Å². The average Bonchev–Trinajstić information content (AvgIpc) is 3.31. The molecule has 4 aromatic rings. The molecule has 0 saturated carbocycles. The molecule has 0 fully saturated rings. The van der Waals surface area contributed by atoms with Gasteiger partial charge in [-0.1, -0.05) is 24.3 Å². The van der Waals surface area contributed by atoms with Gasteiger partial charge in [-0.2, -0.15) is 8.42 Å². The zero-order chi connectivity index (χ0) is 32.3. The molecule has 0 aliphatic carbocycles. The number of rotatable bonds is 8. The van der Waals surface area contributed by atoms with Gasteiger partial charge in [0.1, 0.15) is 23.4 Å². The van der Waals surface area contributed by atoms with Crippen LogP contribution in [0.25, 0.3) is 16.6 Å². The first-order chi connectivity index (χ1) is 20.9. The van der Waals surface area contributed by atoms with Crippen LogP contribution in [0.4, 0.5) is 11.6 Å². The summed E-state index contributed by atoms with van der Waals surface area (Å²) in [6, 6.07) is 13.9. The number of nitrogens with zero attached hydrogens (tertiary/aromatic N) is 4. The smallest absolute Gasteiger partial charge is 0.294 e. The molecule has 234 valence electrons. The maximum Gasteiger partial charge on any atom is 0.294 e. The lowest BCUT2D eigenvalue weighted by molar-refractivity contribution is 0.373. The molecule has 1 aromatic heterocycles. The Morgan fingerprint density at radius 1 is 0.818 bits per heavy atom. The summed E-state index contributed by atoms with van der Waals surface area (Å²) in [6.45, 7) is 16.3. The van der Waals surface area contributed by atoms with E-state index in [0.717, 1.165) is 52.5 Å².